The van der Waals surface area contributed by atoms with Gasteiger partial charge in [-0.2, -0.15) is 0 Å². The summed E-state index contributed by atoms with van der Waals surface area (Å²) >= 11 is 0. The van der Waals surface area contributed by atoms with Crippen LogP contribution >= 0.6 is 0 Å². The van der Waals surface area contributed by atoms with Crippen LogP contribution < -0.4 is 9.80 Å². The number of anilines is 2. The number of hydrogen-bond acceptors (Lipinski definition) is 2. The van der Waals surface area contributed by atoms with E-state index in [1.807, 2.05) is 0 Å². The molecule has 4 aromatic carbocycles. The van der Waals surface area contributed by atoms with Gasteiger partial charge in [0.1, 0.15) is 0 Å². The Balaban J connectivity index is 1.61. The van der Waals surface area contributed by atoms with Gasteiger partial charge in [0.05, 0.1) is 12.1 Å². The molecule has 2 atom stereocenters. The van der Waals surface area contributed by atoms with Crippen molar-refractivity contribution in [1.82, 2.24) is 0 Å². The molecular weight excluding hydrogens is 388 g/mol. The molecule has 2 heteroatoms. The van der Waals surface area contributed by atoms with Crippen LogP contribution in [-0.2, 0) is 0 Å². The molecule has 0 unspecified atom stereocenters. The van der Waals surface area contributed by atoms with E-state index >= 15 is 0 Å². The summed E-state index contributed by atoms with van der Waals surface area (Å²) in [5, 5.41) is 0. The van der Waals surface area contributed by atoms with Gasteiger partial charge in [0.25, 0.3) is 0 Å². The maximum Gasteiger partial charge on any atom is 0.0718 e. The fourth-order valence-corrected chi connectivity index (χ4v) is 4.79. The summed E-state index contributed by atoms with van der Waals surface area (Å²) in [5.74, 6) is 0. The van der Waals surface area contributed by atoms with Crippen LogP contribution in [-0.4, -0.2) is 13.1 Å². The number of rotatable bonds is 4. The van der Waals surface area contributed by atoms with E-state index in [0.717, 1.165) is 13.1 Å². The van der Waals surface area contributed by atoms with E-state index in [2.05, 4.69) is 133 Å². The first-order chi connectivity index (χ1) is 15.7. The van der Waals surface area contributed by atoms with Crippen LogP contribution in [0, 0.1) is 13.8 Å². The second kappa shape index (κ2) is 8.92. The number of benzene rings is 4. The van der Waals surface area contributed by atoms with Crippen molar-refractivity contribution in [1.29, 1.82) is 0 Å². The number of nitrogens with zero attached hydrogens (tertiary/aromatic N) is 2. The lowest BCUT2D eigenvalue weighted by molar-refractivity contribution is 0.462. The summed E-state index contributed by atoms with van der Waals surface area (Å²) in [6, 6.07) is 40.4. The second-order valence-corrected chi connectivity index (χ2v) is 8.83. The highest BCUT2D eigenvalue weighted by molar-refractivity contribution is 5.57. The lowest BCUT2D eigenvalue weighted by atomic mass is 9.94. The first-order valence-electron chi connectivity index (χ1n) is 11.5. The van der Waals surface area contributed by atoms with Crippen molar-refractivity contribution in [2.75, 3.05) is 22.9 Å². The molecule has 32 heavy (non-hydrogen) atoms. The fraction of sp³-hybridized carbons (Fsp3) is 0.200. The molecule has 4 aromatic rings. The molecule has 160 valence electrons. The van der Waals surface area contributed by atoms with Gasteiger partial charge in [0, 0.05) is 24.5 Å². The molecule has 1 aliphatic heterocycles. The highest BCUT2D eigenvalue weighted by Crippen LogP contribution is 2.40. The van der Waals surface area contributed by atoms with Gasteiger partial charge in [0.15, 0.2) is 0 Å². The van der Waals surface area contributed by atoms with Crippen molar-refractivity contribution in [3.05, 3.63) is 131 Å². The fourth-order valence-electron chi connectivity index (χ4n) is 4.79. The molecule has 0 amide bonds. The zero-order valence-corrected chi connectivity index (χ0v) is 18.9. The van der Waals surface area contributed by atoms with Crippen LogP contribution in [0.1, 0.15) is 34.3 Å². The van der Waals surface area contributed by atoms with E-state index in [1.54, 1.807) is 0 Å². The van der Waals surface area contributed by atoms with Gasteiger partial charge in [0.2, 0.25) is 0 Å². The lowest BCUT2D eigenvalue weighted by Gasteiger charge is -2.49. The number of aryl methyl sites for hydroxylation is 2. The van der Waals surface area contributed by atoms with Gasteiger partial charge in [-0.15, -0.1) is 0 Å². The van der Waals surface area contributed by atoms with E-state index < -0.39 is 0 Å². The zero-order valence-electron chi connectivity index (χ0n) is 18.9. The molecule has 1 fully saturated rings. The SMILES string of the molecule is Cc1ccc(N2C[C@@H](c3ccccc3)N(c3ccc(C)cc3)C[C@@H]2c2ccccc2)cc1. The van der Waals surface area contributed by atoms with E-state index in [0.29, 0.717) is 0 Å². The molecule has 1 saturated heterocycles. The van der Waals surface area contributed by atoms with E-state index in [9.17, 15) is 0 Å². The lowest BCUT2D eigenvalue weighted by Crippen LogP contribution is -2.50. The third-order valence-electron chi connectivity index (χ3n) is 6.59. The first kappa shape index (κ1) is 20.4. The average Bonchev–Trinajstić information content (AvgIpc) is 2.85. The normalized spacial score (nSPS) is 18.6. The van der Waals surface area contributed by atoms with Crippen molar-refractivity contribution < 1.29 is 0 Å². The highest BCUT2D eigenvalue weighted by Gasteiger charge is 2.35. The molecule has 0 aliphatic carbocycles. The molecule has 5 rings (SSSR count). The molecule has 2 nitrogen and oxygen atoms in total. The third kappa shape index (κ3) is 4.13. The van der Waals surface area contributed by atoms with Crippen molar-refractivity contribution in [2.24, 2.45) is 0 Å². The predicted octanol–water partition coefficient (Wildman–Crippen LogP) is 7.11. The molecule has 0 spiro atoms. The molecule has 0 aromatic heterocycles. The Kier molecular flexibility index (Phi) is 5.68. The summed E-state index contributed by atoms with van der Waals surface area (Å²) in [5.41, 5.74) is 7.88. The zero-order chi connectivity index (χ0) is 21.9. The average molecular weight is 419 g/mol. The molecular formula is C30H30N2. The minimum absolute atomic E-state index is 0.278. The third-order valence-corrected chi connectivity index (χ3v) is 6.59. The maximum atomic E-state index is 2.59. The Bertz CT molecular complexity index is 1040. The summed E-state index contributed by atoms with van der Waals surface area (Å²) in [6.45, 7) is 6.17. The monoisotopic (exact) mass is 418 g/mol. The Labute approximate surface area is 191 Å². The summed E-state index contributed by atoms with van der Waals surface area (Å²) in [6.07, 6.45) is 0. The minimum Gasteiger partial charge on any atom is -0.360 e. The van der Waals surface area contributed by atoms with Crippen LogP contribution in [0.3, 0.4) is 0 Å². The van der Waals surface area contributed by atoms with Gasteiger partial charge in [-0.25, -0.2) is 0 Å². The van der Waals surface area contributed by atoms with Gasteiger partial charge < -0.3 is 9.80 Å². The predicted molar refractivity (Wildman–Crippen MR) is 135 cm³/mol. The van der Waals surface area contributed by atoms with Crippen LogP contribution in [0.5, 0.6) is 0 Å². The van der Waals surface area contributed by atoms with Gasteiger partial charge in [-0.3, -0.25) is 0 Å². The van der Waals surface area contributed by atoms with Crippen molar-refractivity contribution in [2.45, 2.75) is 25.9 Å². The van der Waals surface area contributed by atoms with Crippen molar-refractivity contribution >= 4 is 11.4 Å². The van der Waals surface area contributed by atoms with Crippen molar-refractivity contribution in [3.8, 4) is 0 Å². The van der Waals surface area contributed by atoms with Crippen molar-refractivity contribution in [3.63, 3.8) is 0 Å². The Morgan fingerprint density at radius 3 is 1.16 bits per heavy atom. The van der Waals surface area contributed by atoms with Crippen LogP contribution in [0.2, 0.25) is 0 Å². The highest BCUT2D eigenvalue weighted by atomic mass is 15.3. The summed E-state index contributed by atoms with van der Waals surface area (Å²) in [7, 11) is 0. The first-order valence-corrected chi connectivity index (χ1v) is 11.5. The Hall–Kier alpha value is -3.52. The van der Waals surface area contributed by atoms with Crippen LogP contribution in [0.15, 0.2) is 109 Å². The molecule has 1 heterocycles. The Morgan fingerprint density at radius 2 is 0.812 bits per heavy atom. The Morgan fingerprint density at radius 1 is 0.469 bits per heavy atom. The standard InChI is InChI=1S/C30H30N2/c1-23-13-17-27(18-14-23)31-21-30(26-11-7-4-8-12-26)32(28-19-15-24(2)16-20-28)22-29(31)25-9-5-3-6-10-25/h3-20,29-30H,21-22H2,1-2H3/t29-,30+. The summed E-state index contributed by atoms with van der Waals surface area (Å²) in [4.78, 5) is 5.19. The van der Waals surface area contributed by atoms with Gasteiger partial charge in [-0.05, 0) is 49.2 Å². The van der Waals surface area contributed by atoms with Crippen LogP contribution in [0.4, 0.5) is 11.4 Å². The number of hydrogen-bond donors (Lipinski definition) is 0. The number of piperazine rings is 1. The second-order valence-electron chi connectivity index (χ2n) is 8.83. The maximum absolute atomic E-state index is 2.59. The van der Waals surface area contributed by atoms with E-state index in [1.165, 1.54) is 33.6 Å². The van der Waals surface area contributed by atoms with E-state index in [-0.39, 0.29) is 12.1 Å². The topological polar surface area (TPSA) is 6.48 Å². The quantitative estimate of drug-likeness (QED) is 0.348. The molecule has 0 saturated carbocycles. The van der Waals surface area contributed by atoms with Gasteiger partial charge in [-0.1, -0.05) is 96.1 Å². The molecule has 1 aliphatic rings. The van der Waals surface area contributed by atoms with Crippen LogP contribution in [0.25, 0.3) is 0 Å². The largest absolute Gasteiger partial charge is 0.360 e. The summed E-state index contributed by atoms with van der Waals surface area (Å²) < 4.78 is 0. The molecule has 0 bridgehead atoms. The molecule has 0 N–H and O–H groups in total. The van der Waals surface area contributed by atoms with E-state index in [4.69, 9.17) is 0 Å². The van der Waals surface area contributed by atoms with Gasteiger partial charge >= 0.3 is 0 Å². The minimum atomic E-state index is 0.278. The molecule has 0 radical (unpaired) electrons. The smallest absolute Gasteiger partial charge is 0.0718 e.